The largest absolute Gasteiger partial charge is 0.417 e. The molecule has 0 saturated heterocycles. The van der Waals surface area contributed by atoms with Crippen LogP contribution in [0.15, 0.2) is 42.6 Å². The van der Waals surface area contributed by atoms with E-state index in [9.17, 15) is 18.0 Å². The van der Waals surface area contributed by atoms with Crippen LogP contribution < -0.4 is 5.32 Å². The molecule has 144 valence electrons. The second-order valence-electron chi connectivity index (χ2n) is 6.46. The standard InChI is InChI=1S/C19H21F3N4O/c1-12(26(2)3)10-16(23)18(27)13-4-7-15(8-5-13)25-17-9-6-14(11-24-17)19(20,21)22/h4-9,11-12,23H,10H2,1-3H3,(H,24,25). The molecule has 0 aliphatic rings. The normalized spacial score (nSPS) is 12.7. The van der Waals surface area contributed by atoms with Gasteiger partial charge in [0.1, 0.15) is 5.82 Å². The van der Waals surface area contributed by atoms with Gasteiger partial charge in [0.05, 0.1) is 11.3 Å². The molecular formula is C19H21F3N4O. The highest BCUT2D eigenvalue weighted by molar-refractivity contribution is 6.45. The molecule has 0 aliphatic carbocycles. The summed E-state index contributed by atoms with van der Waals surface area (Å²) in [5, 5.41) is 10.8. The molecule has 5 nitrogen and oxygen atoms in total. The molecule has 8 heteroatoms. The first-order valence-electron chi connectivity index (χ1n) is 8.27. The quantitative estimate of drug-likeness (QED) is 0.554. The van der Waals surface area contributed by atoms with Crippen LogP contribution in [0.25, 0.3) is 0 Å². The summed E-state index contributed by atoms with van der Waals surface area (Å²) < 4.78 is 37.6. The maximum absolute atomic E-state index is 12.5. The van der Waals surface area contributed by atoms with Crippen molar-refractivity contribution < 1.29 is 18.0 Å². The number of carbonyl (C=O) groups excluding carboxylic acids is 1. The summed E-state index contributed by atoms with van der Waals surface area (Å²) in [6, 6.07) is 8.64. The van der Waals surface area contributed by atoms with Crippen LogP contribution in [0.5, 0.6) is 0 Å². The van der Waals surface area contributed by atoms with Crippen LogP contribution in [0.2, 0.25) is 0 Å². The Hall–Kier alpha value is -2.74. The molecule has 2 rings (SSSR count). The van der Waals surface area contributed by atoms with E-state index in [0.29, 0.717) is 17.7 Å². The van der Waals surface area contributed by atoms with E-state index in [2.05, 4.69) is 10.3 Å². The van der Waals surface area contributed by atoms with E-state index in [1.54, 1.807) is 24.3 Å². The number of rotatable bonds is 7. The van der Waals surface area contributed by atoms with Crippen LogP contribution in [0.1, 0.15) is 29.3 Å². The lowest BCUT2D eigenvalue weighted by Gasteiger charge is -2.19. The molecule has 2 aromatic rings. The molecule has 0 radical (unpaired) electrons. The number of nitrogens with one attached hydrogen (secondary N) is 2. The fourth-order valence-electron chi connectivity index (χ4n) is 2.23. The van der Waals surface area contributed by atoms with Crippen molar-refractivity contribution in [1.29, 1.82) is 5.41 Å². The third-order valence-electron chi connectivity index (χ3n) is 4.17. The molecule has 0 aliphatic heterocycles. The number of pyridine rings is 1. The lowest BCUT2D eigenvalue weighted by Crippen LogP contribution is -2.29. The Morgan fingerprint density at radius 3 is 2.30 bits per heavy atom. The van der Waals surface area contributed by atoms with Gasteiger partial charge >= 0.3 is 6.18 Å². The number of benzene rings is 1. The number of hydrogen-bond donors (Lipinski definition) is 2. The van der Waals surface area contributed by atoms with Gasteiger partial charge < -0.3 is 15.6 Å². The zero-order valence-electron chi connectivity index (χ0n) is 15.3. The highest BCUT2D eigenvalue weighted by Crippen LogP contribution is 2.29. The predicted octanol–water partition coefficient (Wildman–Crippen LogP) is 4.39. The van der Waals surface area contributed by atoms with Crippen molar-refractivity contribution in [1.82, 2.24) is 9.88 Å². The number of nitrogens with zero attached hydrogens (tertiary/aromatic N) is 2. The first-order chi connectivity index (χ1) is 12.6. The lowest BCUT2D eigenvalue weighted by molar-refractivity contribution is -0.137. The van der Waals surface area contributed by atoms with Crippen molar-refractivity contribution in [3.63, 3.8) is 0 Å². The van der Waals surface area contributed by atoms with Gasteiger partial charge in [-0.1, -0.05) is 0 Å². The minimum absolute atomic E-state index is 0.0290. The van der Waals surface area contributed by atoms with Crippen molar-refractivity contribution >= 4 is 23.0 Å². The third-order valence-corrected chi connectivity index (χ3v) is 4.17. The number of aromatic nitrogens is 1. The molecule has 0 amide bonds. The number of Topliss-reactive ketones (excluding diaryl/α,β-unsaturated/α-hetero) is 1. The van der Waals surface area contributed by atoms with Gasteiger partial charge in [0, 0.05) is 29.9 Å². The van der Waals surface area contributed by atoms with Gasteiger partial charge in [-0.3, -0.25) is 4.79 Å². The molecular weight excluding hydrogens is 357 g/mol. The van der Waals surface area contributed by atoms with Crippen molar-refractivity contribution in [2.75, 3.05) is 19.4 Å². The van der Waals surface area contributed by atoms with E-state index in [1.807, 2.05) is 25.9 Å². The highest BCUT2D eigenvalue weighted by atomic mass is 19.4. The molecule has 2 N–H and O–H groups in total. The Labute approximate surface area is 155 Å². The Kier molecular flexibility index (Phi) is 6.32. The molecule has 27 heavy (non-hydrogen) atoms. The predicted molar refractivity (Wildman–Crippen MR) is 98.8 cm³/mol. The molecule has 1 aromatic heterocycles. The average Bonchev–Trinajstić information content (AvgIpc) is 2.61. The summed E-state index contributed by atoms with van der Waals surface area (Å²) in [5.41, 5.74) is 0.171. The average molecular weight is 378 g/mol. The summed E-state index contributed by atoms with van der Waals surface area (Å²) in [7, 11) is 3.77. The van der Waals surface area contributed by atoms with Crippen LogP contribution in [0, 0.1) is 5.41 Å². The minimum atomic E-state index is -4.43. The Morgan fingerprint density at radius 2 is 1.81 bits per heavy atom. The second-order valence-corrected chi connectivity index (χ2v) is 6.46. The van der Waals surface area contributed by atoms with Gasteiger partial charge in [-0.2, -0.15) is 13.2 Å². The van der Waals surface area contributed by atoms with Crippen LogP contribution in [-0.2, 0) is 6.18 Å². The molecule has 1 unspecified atom stereocenters. The summed E-state index contributed by atoms with van der Waals surface area (Å²) in [6.07, 6.45) is -3.32. The Balaban J connectivity index is 2.02. The number of halogens is 3. The third kappa shape index (κ3) is 5.62. The summed E-state index contributed by atoms with van der Waals surface area (Å²) in [6.45, 7) is 1.94. The molecule has 0 fully saturated rings. The van der Waals surface area contributed by atoms with Crippen molar-refractivity contribution in [2.24, 2.45) is 0 Å². The topological polar surface area (TPSA) is 69.1 Å². The fraction of sp³-hybridized carbons (Fsp3) is 0.316. The molecule has 0 spiro atoms. The molecule has 0 bridgehead atoms. The van der Waals surface area contributed by atoms with Gasteiger partial charge in [0.15, 0.2) is 0 Å². The van der Waals surface area contributed by atoms with Gasteiger partial charge in [-0.05, 0) is 57.4 Å². The number of hydrogen-bond acceptors (Lipinski definition) is 5. The molecule has 0 saturated carbocycles. The summed E-state index contributed by atoms with van der Waals surface area (Å²) in [4.78, 5) is 18.0. The zero-order chi connectivity index (χ0) is 20.2. The highest BCUT2D eigenvalue weighted by Gasteiger charge is 2.30. The van der Waals surface area contributed by atoms with Crippen molar-refractivity contribution in [2.45, 2.75) is 25.6 Å². The van der Waals surface area contributed by atoms with Crippen LogP contribution >= 0.6 is 0 Å². The maximum atomic E-state index is 12.5. The lowest BCUT2D eigenvalue weighted by atomic mass is 10.0. The second kappa shape index (κ2) is 8.30. The first kappa shape index (κ1) is 20.6. The van der Waals surface area contributed by atoms with Gasteiger partial charge in [-0.25, -0.2) is 4.98 Å². The SMILES string of the molecule is CC(CC(=N)C(=O)c1ccc(Nc2ccc(C(F)(F)F)cn2)cc1)N(C)C. The van der Waals surface area contributed by atoms with E-state index in [0.717, 1.165) is 12.3 Å². The zero-order valence-corrected chi connectivity index (χ0v) is 15.3. The Morgan fingerprint density at radius 1 is 1.19 bits per heavy atom. The van der Waals surface area contributed by atoms with Crippen molar-refractivity contribution in [3.05, 3.63) is 53.7 Å². The van der Waals surface area contributed by atoms with E-state index in [1.165, 1.54) is 6.07 Å². The monoisotopic (exact) mass is 378 g/mol. The van der Waals surface area contributed by atoms with E-state index >= 15 is 0 Å². The van der Waals surface area contributed by atoms with E-state index < -0.39 is 11.7 Å². The number of ketones is 1. The van der Waals surface area contributed by atoms with Crippen LogP contribution in [-0.4, -0.2) is 41.5 Å². The van der Waals surface area contributed by atoms with Crippen LogP contribution in [0.4, 0.5) is 24.7 Å². The number of alkyl halides is 3. The van der Waals surface area contributed by atoms with Gasteiger partial charge in [0.2, 0.25) is 5.78 Å². The summed E-state index contributed by atoms with van der Waals surface area (Å²) >= 11 is 0. The summed E-state index contributed by atoms with van der Waals surface area (Å²) in [5.74, 6) is -0.0856. The van der Waals surface area contributed by atoms with Gasteiger partial charge in [-0.15, -0.1) is 0 Å². The van der Waals surface area contributed by atoms with E-state index in [4.69, 9.17) is 5.41 Å². The number of carbonyl (C=O) groups is 1. The fourth-order valence-corrected chi connectivity index (χ4v) is 2.23. The smallest absolute Gasteiger partial charge is 0.340 e. The first-order valence-corrected chi connectivity index (χ1v) is 8.27. The molecule has 1 aromatic carbocycles. The minimum Gasteiger partial charge on any atom is -0.340 e. The number of anilines is 2. The van der Waals surface area contributed by atoms with Gasteiger partial charge in [0.25, 0.3) is 0 Å². The van der Waals surface area contributed by atoms with E-state index in [-0.39, 0.29) is 23.4 Å². The van der Waals surface area contributed by atoms with Crippen molar-refractivity contribution in [3.8, 4) is 0 Å². The Bertz CT molecular complexity index is 799. The maximum Gasteiger partial charge on any atom is 0.417 e. The molecule has 1 heterocycles. The molecule has 1 atom stereocenters. The van der Waals surface area contributed by atoms with Crippen LogP contribution in [0.3, 0.4) is 0 Å².